The molecular weight excluding hydrogens is 238 g/mol. The molecule has 0 radical (unpaired) electrons. The van der Waals surface area contributed by atoms with E-state index in [0.717, 1.165) is 50.3 Å². The van der Waals surface area contributed by atoms with E-state index in [1.54, 1.807) is 7.11 Å². The van der Waals surface area contributed by atoms with Crippen LogP contribution in [0.2, 0.25) is 0 Å². The summed E-state index contributed by atoms with van der Waals surface area (Å²) in [4.78, 5) is 9.63. The molecule has 0 spiro atoms. The molecule has 1 aromatic heterocycles. The fourth-order valence-corrected chi connectivity index (χ4v) is 2.83. The molecule has 0 aliphatic carbocycles. The molecule has 1 N–H and O–H groups in total. The third-order valence-corrected chi connectivity index (χ3v) is 4.20. The summed E-state index contributed by atoms with van der Waals surface area (Å²) in [5, 5.41) is 3.38. The average Bonchev–Trinajstić information content (AvgIpc) is 2.90. The summed E-state index contributed by atoms with van der Waals surface area (Å²) in [6.45, 7) is 8.24. The zero-order valence-corrected chi connectivity index (χ0v) is 12.5. The van der Waals surface area contributed by atoms with Crippen LogP contribution in [-0.4, -0.2) is 17.1 Å². The predicted molar refractivity (Wildman–Crippen MR) is 75.8 cm³/mol. The van der Waals surface area contributed by atoms with E-state index in [-0.39, 0.29) is 5.60 Å². The first-order chi connectivity index (χ1) is 9.20. The summed E-state index contributed by atoms with van der Waals surface area (Å²) < 4.78 is 5.77. The van der Waals surface area contributed by atoms with Gasteiger partial charge >= 0.3 is 0 Å². The zero-order valence-electron chi connectivity index (χ0n) is 12.5. The SMILES string of the molecule is CCCc1nc(C(CC)(CC)OC)nc2c1CNC2. The van der Waals surface area contributed by atoms with Gasteiger partial charge in [0.15, 0.2) is 5.82 Å². The van der Waals surface area contributed by atoms with Crippen molar-refractivity contribution >= 4 is 0 Å². The van der Waals surface area contributed by atoms with Gasteiger partial charge in [-0.1, -0.05) is 27.2 Å². The number of ether oxygens (including phenoxy) is 1. The summed E-state index contributed by atoms with van der Waals surface area (Å²) in [7, 11) is 1.77. The highest BCUT2D eigenvalue weighted by Crippen LogP contribution is 2.31. The van der Waals surface area contributed by atoms with Gasteiger partial charge in [0.2, 0.25) is 0 Å². The average molecular weight is 263 g/mol. The molecule has 1 aromatic rings. The normalized spacial score (nSPS) is 14.7. The van der Waals surface area contributed by atoms with Gasteiger partial charge in [-0.05, 0) is 19.3 Å². The maximum absolute atomic E-state index is 5.77. The molecule has 2 rings (SSSR count). The van der Waals surface area contributed by atoms with Crippen molar-refractivity contribution in [2.45, 2.75) is 65.1 Å². The number of nitrogens with zero attached hydrogens (tertiary/aromatic N) is 2. The minimum Gasteiger partial charge on any atom is -0.370 e. The van der Waals surface area contributed by atoms with Crippen LogP contribution in [0.25, 0.3) is 0 Å². The number of rotatable bonds is 6. The monoisotopic (exact) mass is 263 g/mol. The van der Waals surface area contributed by atoms with Crippen LogP contribution < -0.4 is 5.32 Å². The second-order valence-corrected chi connectivity index (χ2v) is 5.18. The maximum Gasteiger partial charge on any atom is 0.160 e. The van der Waals surface area contributed by atoms with Crippen molar-refractivity contribution < 1.29 is 4.74 Å². The largest absolute Gasteiger partial charge is 0.370 e. The van der Waals surface area contributed by atoms with Crippen molar-refractivity contribution in [3.63, 3.8) is 0 Å². The highest BCUT2D eigenvalue weighted by Gasteiger charge is 2.33. The van der Waals surface area contributed by atoms with Crippen LogP contribution in [0.4, 0.5) is 0 Å². The molecule has 0 amide bonds. The van der Waals surface area contributed by atoms with Crippen molar-refractivity contribution in [3.8, 4) is 0 Å². The van der Waals surface area contributed by atoms with Crippen molar-refractivity contribution in [2.75, 3.05) is 7.11 Å². The minimum atomic E-state index is -0.333. The van der Waals surface area contributed by atoms with Crippen molar-refractivity contribution in [1.82, 2.24) is 15.3 Å². The maximum atomic E-state index is 5.77. The molecule has 0 atom stereocenters. The van der Waals surface area contributed by atoms with Gasteiger partial charge in [-0.2, -0.15) is 0 Å². The topological polar surface area (TPSA) is 47.0 Å². The van der Waals surface area contributed by atoms with E-state index < -0.39 is 0 Å². The molecule has 0 bridgehead atoms. The van der Waals surface area contributed by atoms with Gasteiger partial charge < -0.3 is 10.1 Å². The molecule has 4 nitrogen and oxygen atoms in total. The molecule has 19 heavy (non-hydrogen) atoms. The van der Waals surface area contributed by atoms with Crippen LogP contribution >= 0.6 is 0 Å². The summed E-state index contributed by atoms with van der Waals surface area (Å²) in [5.74, 6) is 0.867. The van der Waals surface area contributed by atoms with Crippen LogP contribution in [0, 0.1) is 0 Å². The third kappa shape index (κ3) is 2.51. The van der Waals surface area contributed by atoms with Gasteiger partial charge in [-0.3, -0.25) is 0 Å². The Hall–Kier alpha value is -1.00. The minimum absolute atomic E-state index is 0.333. The van der Waals surface area contributed by atoms with E-state index in [1.165, 1.54) is 11.3 Å². The second kappa shape index (κ2) is 5.97. The predicted octanol–water partition coefficient (Wildman–Crippen LogP) is 2.69. The number of nitrogens with one attached hydrogen (secondary N) is 1. The van der Waals surface area contributed by atoms with Gasteiger partial charge in [0.25, 0.3) is 0 Å². The summed E-state index contributed by atoms with van der Waals surface area (Å²) >= 11 is 0. The van der Waals surface area contributed by atoms with Crippen LogP contribution in [0.15, 0.2) is 0 Å². The molecule has 4 heteroatoms. The molecule has 2 heterocycles. The van der Waals surface area contributed by atoms with Gasteiger partial charge in [-0.25, -0.2) is 9.97 Å². The Bertz CT molecular complexity index is 433. The summed E-state index contributed by atoms with van der Waals surface area (Å²) in [6.07, 6.45) is 3.93. The number of fused-ring (bicyclic) bond motifs is 1. The Kier molecular flexibility index (Phi) is 4.53. The van der Waals surface area contributed by atoms with Crippen LogP contribution in [0.5, 0.6) is 0 Å². The highest BCUT2D eigenvalue weighted by molar-refractivity contribution is 5.30. The number of hydrogen-bond donors (Lipinski definition) is 1. The van der Waals surface area contributed by atoms with Gasteiger partial charge in [0, 0.05) is 31.5 Å². The smallest absolute Gasteiger partial charge is 0.160 e. The van der Waals surface area contributed by atoms with E-state index >= 15 is 0 Å². The lowest BCUT2D eigenvalue weighted by Crippen LogP contribution is -2.30. The molecule has 0 saturated carbocycles. The molecule has 0 fully saturated rings. The van der Waals surface area contributed by atoms with Gasteiger partial charge in [-0.15, -0.1) is 0 Å². The van der Waals surface area contributed by atoms with Gasteiger partial charge in [0.05, 0.1) is 5.69 Å². The zero-order chi connectivity index (χ0) is 13.9. The number of hydrogen-bond acceptors (Lipinski definition) is 4. The molecule has 106 valence electrons. The van der Waals surface area contributed by atoms with E-state index in [1.807, 2.05) is 0 Å². The quantitative estimate of drug-likeness (QED) is 0.857. The molecular formula is C15H25N3O. The number of aryl methyl sites for hydroxylation is 1. The van der Waals surface area contributed by atoms with Crippen LogP contribution in [-0.2, 0) is 29.8 Å². The summed E-state index contributed by atoms with van der Waals surface area (Å²) in [6, 6.07) is 0. The lowest BCUT2D eigenvalue weighted by Gasteiger charge is -2.29. The molecule has 1 aliphatic rings. The van der Waals surface area contributed by atoms with Crippen molar-refractivity contribution in [3.05, 3.63) is 22.8 Å². The third-order valence-electron chi connectivity index (χ3n) is 4.20. The lowest BCUT2D eigenvalue weighted by molar-refractivity contribution is -0.0294. The first-order valence-electron chi connectivity index (χ1n) is 7.35. The molecule has 0 unspecified atom stereocenters. The standard InChI is InChI=1S/C15H25N3O/c1-5-8-12-11-9-16-10-13(11)18-14(17-12)15(6-2,7-3)19-4/h16H,5-10H2,1-4H3. The Morgan fingerprint density at radius 1 is 1.16 bits per heavy atom. The van der Waals surface area contributed by atoms with Crippen LogP contribution in [0.1, 0.15) is 62.8 Å². The Labute approximate surface area is 116 Å². The highest BCUT2D eigenvalue weighted by atomic mass is 16.5. The fourth-order valence-electron chi connectivity index (χ4n) is 2.83. The van der Waals surface area contributed by atoms with E-state index in [2.05, 4.69) is 26.1 Å². The number of aromatic nitrogens is 2. The van der Waals surface area contributed by atoms with E-state index in [0.29, 0.717) is 0 Å². The van der Waals surface area contributed by atoms with Crippen molar-refractivity contribution in [2.24, 2.45) is 0 Å². The Morgan fingerprint density at radius 3 is 2.47 bits per heavy atom. The van der Waals surface area contributed by atoms with Crippen molar-refractivity contribution in [1.29, 1.82) is 0 Å². The first kappa shape index (κ1) is 14.4. The lowest BCUT2D eigenvalue weighted by atomic mass is 9.95. The summed E-state index contributed by atoms with van der Waals surface area (Å²) in [5.41, 5.74) is 3.34. The first-order valence-corrected chi connectivity index (χ1v) is 7.35. The Morgan fingerprint density at radius 2 is 1.89 bits per heavy atom. The fraction of sp³-hybridized carbons (Fsp3) is 0.733. The van der Waals surface area contributed by atoms with E-state index in [4.69, 9.17) is 14.7 Å². The molecule has 1 aliphatic heterocycles. The second-order valence-electron chi connectivity index (χ2n) is 5.18. The Balaban J connectivity index is 2.49. The number of methoxy groups -OCH3 is 1. The van der Waals surface area contributed by atoms with Crippen LogP contribution in [0.3, 0.4) is 0 Å². The molecule has 0 aromatic carbocycles. The van der Waals surface area contributed by atoms with E-state index in [9.17, 15) is 0 Å². The van der Waals surface area contributed by atoms with Gasteiger partial charge in [0.1, 0.15) is 5.60 Å². The molecule has 0 saturated heterocycles.